The number of thioether (sulfide) groups is 1. The molecule has 0 radical (unpaired) electrons. The zero-order valence-electron chi connectivity index (χ0n) is 9.19. The van der Waals surface area contributed by atoms with E-state index in [2.05, 4.69) is 23.8 Å². The van der Waals surface area contributed by atoms with Gasteiger partial charge in [-0.3, -0.25) is 4.79 Å². The van der Waals surface area contributed by atoms with Gasteiger partial charge in [-0.25, -0.2) is 9.78 Å². The maximum atomic E-state index is 11.3. The van der Waals surface area contributed by atoms with E-state index in [1.54, 1.807) is 11.8 Å². The molecule has 0 bridgehead atoms. The monoisotopic (exact) mass is 242 g/mol. The molecule has 88 valence electrons. The van der Waals surface area contributed by atoms with Crippen molar-refractivity contribution in [1.29, 1.82) is 0 Å². The largest absolute Gasteiger partial charge is 0.477 e. The fraction of sp³-hybridized carbons (Fsp3) is 0.500. The molecule has 0 amide bonds. The second-order valence-corrected chi connectivity index (χ2v) is 4.82. The van der Waals surface area contributed by atoms with Crippen molar-refractivity contribution in [3.8, 4) is 0 Å². The van der Waals surface area contributed by atoms with Crippen LogP contribution in [0.4, 0.5) is 0 Å². The third-order valence-corrected chi connectivity index (χ3v) is 3.15. The smallest absolute Gasteiger partial charge is 0.342 e. The van der Waals surface area contributed by atoms with Crippen molar-refractivity contribution in [1.82, 2.24) is 9.97 Å². The molecule has 0 fully saturated rings. The van der Waals surface area contributed by atoms with E-state index in [0.29, 0.717) is 17.5 Å². The highest BCUT2D eigenvalue weighted by Crippen LogP contribution is 2.11. The minimum Gasteiger partial charge on any atom is -0.477 e. The Morgan fingerprint density at radius 1 is 1.62 bits per heavy atom. The van der Waals surface area contributed by atoms with Gasteiger partial charge in [-0.1, -0.05) is 13.8 Å². The highest BCUT2D eigenvalue weighted by Gasteiger charge is 2.09. The zero-order chi connectivity index (χ0) is 12.1. The van der Waals surface area contributed by atoms with E-state index < -0.39 is 11.5 Å². The zero-order valence-corrected chi connectivity index (χ0v) is 10.0. The van der Waals surface area contributed by atoms with Crippen molar-refractivity contribution in [3.05, 3.63) is 27.9 Å². The van der Waals surface area contributed by atoms with E-state index in [4.69, 9.17) is 5.11 Å². The molecule has 0 atom stereocenters. The van der Waals surface area contributed by atoms with E-state index in [1.807, 2.05) is 0 Å². The minimum atomic E-state index is -1.25. The number of carboxylic acids is 1. The van der Waals surface area contributed by atoms with E-state index in [1.165, 1.54) is 0 Å². The Kier molecular flexibility index (Phi) is 4.54. The van der Waals surface area contributed by atoms with Crippen LogP contribution in [0.3, 0.4) is 0 Å². The number of hydrogen-bond donors (Lipinski definition) is 2. The Balaban J connectivity index is 2.67. The van der Waals surface area contributed by atoms with Gasteiger partial charge in [0.1, 0.15) is 11.4 Å². The molecule has 0 aliphatic heterocycles. The van der Waals surface area contributed by atoms with Gasteiger partial charge in [-0.15, -0.1) is 0 Å². The first-order valence-corrected chi connectivity index (χ1v) is 6.05. The summed E-state index contributed by atoms with van der Waals surface area (Å²) >= 11 is 1.66. The van der Waals surface area contributed by atoms with Crippen LogP contribution < -0.4 is 5.56 Å². The molecule has 0 aliphatic rings. The van der Waals surface area contributed by atoms with Crippen molar-refractivity contribution in [3.63, 3.8) is 0 Å². The summed E-state index contributed by atoms with van der Waals surface area (Å²) < 4.78 is 0. The van der Waals surface area contributed by atoms with Crippen LogP contribution in [0.15, 0.2) is 11.0 Å². The van der Waals surface area contributed by atoms with Crippen molar-refractivity contribution < 1.29 is 9.90 Å². The molecule has 1 aromatic rings. The number of H-pyrrole nitrogens is 1. The second-order valence-electron chi connectivity index (χ2n) is 3.79. The second kappa shape index (κ2) is 5.69. The molecule has 0 aromatic carbocycles. The predicted octanol–water partition coefficient (Wildman–Crippen LogP) is 1.36. The van der Waals surface area contributed by atoms with E-state index in [-0.39, 0.29) is 5.56 Å². The summed E-state index contributed by atoms with van der Waals surface area (Å²) in [5.74, 6) is 1.41. The van der Waals surface area contributed by atoms with Gasteiger partial charge in [0, 0.05) is 6.20 Å². The van der Waals surface area contributed by atoms with Crippen molar-refractivity contribution in [2.45, 2.75) is 19.6 Å². The average Bonchev–Trinajstić information content (AvgIpc) is 2.16. The van der Waals surface area contributed by atoms with Crippen LogP contribution in [0, 0.1) is 5.92 Å². The fourth-order valence-corrected chi connectivity index (χ4v) is 1.98. The number of carbonyl (C=O) groups is 1. The molecule has 0 spiro atoms. The van der Waals surface area contributed by atoms with Gasteiger partial charge in [0.15, 0.2) is 0 Å². The number of nitrogens with zero attached hydrogens (tertiary/aromatic N) is 1. The normalized spacial score (nSPS) is 10.7. The van der Waals surface area contributed by atoms with E-state index in [0.717, 1.165) is 11.9 Å². The molecule has 1 rings (SSSR count). The Bertz CT molecular complexity index is 428. The third-order valence-electron chi connectivity index (χ3n) is 1.77. The van der Waals surface area contributed by atoms with Gasteiger partial charge in [-0.2, -0.15) is 11.8 Å². The molecule has 2 N–H and O–H groups in total. The topological polar surface area (TPSA) is 83.0 Å². The van der Waals surface area contributed by atoms with Crippen LogP contribution in [0.1, 0.15) is 30.0 Å². The highest BCUT2D eigenvalue weighted by atomic mass is 32.2. The summed E-state index contributed by atoms with van der Waals surface area (Å²) in [4.78, 5) is 28.2. The summed E-state index contributed by atoms with van der Waals surface area (Å²) in [6, 6.07) is 0. The van der Waals surface area contributed by atoms with Gasteiger partial charge in [-0.05, 0) is 11.7 Å². The summed E-state index contributed by atoms with van der Waals surface area (Å²) in [5.41, 5.74) is -0.916. The number of rotatable bonds is 5. The lowest BCUT2D eigenvalue weighted by Gasteiger charge is -2.03. The van der Waals surface area contributed by atoms with E-state index in [9.17, 15) is 9.59 Å². The highest BCUT2D eigenvalue weighted by molar-refractivity contribution is 7.98. The third kappa shape index (κ3) is 3.69. The number of carboxylic acid groups (broad SMARTS) is 1. The molecular weight excluding hydrogens is 228 g/mol. The standard InChI is InChI=1S/C10H14N2O3S/c1-6(2)4-16-5-8-11-3-7(10(14)15)9(13)12-8/h3,6H,4-5H2,1-2H3,(H,14,15)(H,11,12,13). The Labute approximate surface area is 97.3 Å². The summed E-state index contributed by atoms with van der Waals surface area (Å²) in [6.45, 7) is 4.22. The molecule has 16 heavy (non-hydrogen) atoms. The van der Waals surface area contributed by atoms with Gasteiger partial charge in [0.2, 0.25) is 0 Å². The Morgan fingerprint density at radius 3 is 2.81 bits per heavy atom. The summed E-state index contributed by atoms with van der Waals surface area (Å²) in [6.07, 6.45) is 1.10. The number of aromatic amines is 1. The summed E-state index contributed by atoms with van der Waals surface area (Å²) in [7, 11) is 0. The van der Waals surface area contributed by atoms with Gasteiger partial charge in [0.25, 0.3) is 5.56 Å². The lowest BCUT2D eigenvalue weighted by Crippen LogP contribution is -2.19. The molecule has 0 unspecified atom stereocenters. The average molecular weight is 242 g/mol. The van der Waals surface area contributed by atoms with Gasteiger partial charge < -0.3 is 10.1 Å². The molecule has 0 saturated heterocycles. The van der Waals surface area contributed by atoms with Crippen LogP contribution in [0.5, 0.6) is 0 Å². The van der Waals surface area contributed by atoms with Crippen LogP contribution in [-0.4, -0.2) is 26.8 Å². The first kappa shape index (κ1) is 12.8. The maximum absolute atomic E-state index is 11.3. The lowest BCUT2D eigenvalue weighted by molar-refractivity contribution is 0.0694. The van der Waals surface area contributed by atoms with E-state index >= 15 is 0 Å². The molecule has 0 saturated carbocycles. The van der Waals surface area contributed by atoms with Gasteiger partial charge in [0.05, 0.1) is 5.75 Å². The van der Waals surface area contributed by atoms with Crippen LogP contribution in [0.25, 0.3) is 0 Å². The Hall–Kier alpha value is -1.30. The molecule has 6 heteroatoms. The quantitative estimate of drug-likeness (QED) is 0.814. The number of nitrogens with one attached hydrogen (secondary N) is 1. The van der Waals surface area contributed by atoms with Crippen LogP contribution >= 0.6 is 11.8 Å². The maximum Gasteiger partial charge on any atom is 0.342 e. The van der Waals surface area contributed by atoms with Crippen molar-refractivity contribution in [2.75, 3.05) is 5.75 Å². The fourth-order valence-electron chi connectivity index (χ4n) is 1.05. The SMILES string of the molecule is CC(C)CSCc1ncc(C(=O)O)c(=O)[nH]1. The predicted molar refractivity (Wildman–Crippen MR) is 62.8 cm³/mol. The Morgan fingerprint density at radius 2 is 2.31 bits per heavy atom. The van der Waals surface area contributed by atoms with Crippen molar-refractivity contribution >= 4 is 17.7 Å². The first-order valence-electron chi connectivity index (χ1n) is 4.90. The van der Waals surface area contributed by atoms with Gasteiger partial charge >= 0.3 is 5.97 Å². The molecule has 1 heterocycles. The first-order chi connectivity index (χ1) is 7.50. The number of aromatic nitrogens is 2. The summed E-state index contributed by atoms with van der Waals surface area (Å²) in [5, 5.41) is 8.64. The molecular formula is C10H14N2O3S. The lowest BCUT2D eigenvalue weighted by atomic mass is 10.3. The minimum absolute atomic E-state index is 0.322. The van der Waals surface area contributed by atoms with Crippen LogP contribution in [-0.2, 0) is 5.75 Å². The molecule has 5 nitrogen and oxygen atoms in total. The van der Waals surface area contributed by atoms with Crippen molar-refractivity contribution in [2.24, 2.45) is 5.92 Å². The number of aromatic carboxylic acids is 1. The molecule has 1 aromatic heterocycles. The van der Waals surface area contributed by atoms with Crippen LogP contribution in [0.2, 0.25) is 0 Å². The number of hydrogen-bond acceptors (Lipinski definition) is 4. The molecule has 0 aliphatic carbocycles.